The number of nitrogens with zero attached hydrogens (tertiary/aromatic N) is 2. The van der Waals surface area contributed by atoms with Crippen molar-refractivity contribution in [3.05, 3.63) is 76.8 Å². The summed E-state index contributed by atoms with van der Waals surface area (Å²) in [6, 6.07) is 12.7. The molecule has 6 heteroatoms. The van der Waals surface area contributed by atoms with Crippen molar-refractivity contribution >= 4 is 23.6 Å². The number of nitriles is 1. The van der Waals surface area contributed by atoms with Crippen LogP contribution in [0.3, 0.4) is 0 Å². The first kappa shape index (κ1) is 18.6. The van der Waals surface area contributed by atoms with Crippen LogP contribution in [0.15, 0.2) is 55.1 Å². The SMILES string of the molecule is C=CCN(Cc1ccc(C#N)cc1)C(=O)/C=C/c1cc(Cl)c2c(c1)OCO2. The fourth-order valence-corrected chi connectivity index (χ4v) is 2.92. The molecule has 1 aliphatic heterocycles. The standard InChI is InChI=1S/C21H17ClN2O3/c1-2-9-24(13-16-5-3-15(12-23)4-6-16)20(25)8-7-17-10-18(22)21-19(11-17)26-14-27-21/h2-8,10-11H,1,9,13-14H2/b8-7+. The molecule has 136 valence electrons. The van der Waals surface area contributed by atoms with Gasteiger partial charge in [-0.25, -0.2) is 0 Å². The van der Waals surface area contributed by atoms with Gasteiger partial charge in [-0.1, -0.05) is 29.8 Å². The molecule has 0 N–H and O–H groups in total. The van der Waals surface area contributed by atoms with Crippen LogP contribution < -0.4 is 9.47 Å². The molecular weight excluding hydrogens is 364 g/mol. The Hall–Kier alpha value is -3.23. The van der Waals surface area contributed by atoms with E-state index in [0.717, 1.165) is 11.1 Å². The lowest BCUT2D eigenvalue weighted by molar-refractivity contribution is -0.126. The molecule has 0 bridgehead atoms. The fourth-order valence-electron chi connectivity index (χ4n) is 2.65. The maximum atomic E-state index is 12.6. The van der Waals surface area contributed by atoms with Crippen molar-refractivity contribution in [2.75, 3.05) is 13.3 Å². The number of benzene rings is 2. The van der Waals surface area contributed by atoms with Gasteiger partial charge in [0.25, 0.3) is 0 Å². The molecule has 1 amide bonds. The number of carbonyl (C=O) groups is 1. The van der Waals surface area contributed by atoms with E-state index in [-0.39, 0.29) is 12.7 Å². The Kier molecular flexibility index (Phi) is 5.80. The predicted octanol–water partition coefficient (Wildman–Crippen LogP) is 4.17. The minimum Gasteiger partial charge on any atom is -0.454 e. The highest BCUT2D eigenvalue weighted by Crippen LogP contribution is 2.40. The Bertz CT molecular complexity index is 930. The summed E-state index contributed by atoms with van der Waals surface area (Å²) in [5.41, 5.74) is 2.26. The quantitative estimate of drug-likeness (QED) is 0.557. The van der Waals surface area contributed by atoms with Gasteiger partial charge < -0.3 is 14.4 Å². The lowest BCUT2D eigenvalue weighted by atomic mass is 10.1. The third kappa shape index (κ3) is 4.49. The summed E-state index contributed by atoms with van der Waals surface area (Å²) in [6.07, 6.45) is 4.85. The highest BCUT2D eigenvalue weighted by atomic mass is 35.5. The van der Waals surface area contributed by atoms with Crippen LogP contribution >= 0.6 is 11.6 Å². The van der Waals surface area contributed by atoms with Crippen LogP contribution in [0.4, 0.5) is 0 Å². The zero-order chi connectivity index (χ0) is 19.2. The van der Waals surface area contributed by atoms with Gasteiger partial charge in [0.2, 0.25) is 12.7 Å². The minimum absolute atomic E-state index is 0.138. The van der Waals surface area contributed by atoms with Crippen LogP contribution in [-0.4, -0.2) is 24.1 Å². The Morgan fingerprint density at radius 3 is 2.78 bits per heavy atom. The van der Waals surface area contributed by atoms with Gasteiger partial charge in [0.05, 0.1) is 16.7 Å². The van der Waals surface area contributed by atoms with E-state index >= 15 is 0 Å². The number of carbonyl (C=O) groups excluding carboxylic acids is 1. The molecule has 2 aromatic carbocycles. The topological polar surface area (TPSA) is 62.6 Å². The molecule has 0 saturated carbocycles. The Morgan fingerprint density at radius 2 is 2.07 bits per heavy atom. The van der Waals surface area contributed by atoms with Gasteiger partial charge in [-0.05, 0) is 41.5 Å². The summed E-state index contributed by atoms with van der Waals surface area (Å²) in [6.45, 7) is 4.68. The lowest BCUT2D eigenvalue weighted by Gasteiger charge is -2.19. The third-order valence-electron chi connectivity index (χ3n) is 3.99. The van der Waals surface area contributed by atoms with Crippen molar-refractivity contribution in [1.82, 2.24) is 4.90 Å². The highest BCUT2D eigenvalue weighted by Gasteiger charge is 2.18. The van der Waals surface area contributed by atoms with Crippen LogP contribution in [0.2, 0.25) is 5.02 Å². The Labute approximate surface area is 162 Å². The molecule has 0 unspecified atom stereocenters. The summed E-state index contributed by atoms with van der Waals surface area (Å²) in [5.74, 6) is 0.928. The largest absolute Gasteiger partial charge is 0.454 e. The molecule has 0 aromatic heterocycles. The van der Waals surface area contributed by atoms with Crippen LogP contribution in [0.5, 0.6) is 11.5 Å². The minimum atomic E-state index is -0.159. The second-order valence-electron chi connectivity index (χ2n) is 5.89. The van der Waals surface area contributed by atoms with Gasteiger partial charge in [0.15, 0.2) is 11.5 Å². The van der Waals surface area contributed by atoms with Crippen molar-refractivity contribution in [2.45, 2.75) is 6.54 Å². The number of hydrogen-bond acceptors (Lipinski definition) is 4. The van der Waals surface area contributed by atoms with Crippen molar-refractivity contribution in [2.24, 2.45) is 0 Å². The molecule has 1 heterocycles. The molecular formula is C21H17ClN2O3. The van der Waals surface area contributed by atoms with Crippen LogP contribution in [0, 0.1) is 11.3 Å². The average Bonchev–Trinajstić information content (AvgIpc) is 3.15. The molecule has 0 radical (unpaired) electrons. The van der Waals surface area contributed by atoms with Gasteiger partial charge in [0.1, 0.15) is 0 Å². The number of amides is 1. The maximum Gasteiger partial charge on any atom is 0.247 e. The number of halogens is 1. The van der Waals surface area contributed by atoms with Gasteiger partial charge in [-0.15, -0.1) is 6.58 Å². The molecule has 2 aromatic rings. The summed E-state index contributed by atoms with van der Waals surface area (Å²) in [7, 11) is 0. The summed E-state index contributed by atoms with van der Waals surface area (Å²) < 4.78 is 10.6. The molecule has 5 nitrogen and oxygen atoms in total. The Morgan fingerprint density at radius 1 is 1.30 bits per heavy atom. The predicted molar refractivity (Wildman–Crippen MR) is 103 cm³/mol. The van der Waals surface area contributed by atoms with Crippen LogP contribution in [-0.2, 0) is 11.3 Å². The average molecular weight is 381 g/mol. The Balaban J connectivity index is 1.73. The van der Waals surface area contributed by atoms with Crippen LogP contribution in [0.25, 0.3) is 6.08 Å². The summed E-state index contributed by atoms with van der Waals surface area (Å²) >= 11 is 6.16. The normalized spacial score (nSPS) is 12.0. The van der Waals surface area contributed by atoms with E-state index in [4.69, 9.17) is 26.3 Å². The summed E-state index contributed by atoms with van der Waals surface area (Å²) in [4.78, 5) is 14.3. The summed E-state index contributed by atoms with van der Waals surface area (Å²) in [5, 5.41) is 9.32. The van der Waals surface area contributed by atoms with E-state index < -0.39 is 0 Å². The van der Waals surface area contributed by atoms with E-state index in [1.165, 1.54) is 6.08 Å². The van der Waals surface area contributed by atoms with E-state index in [1.54, 1.807) is 41.3 Å². The number of hydrogen-bond donors (Lipinski definition) is 0. The first-order valence-electron chi connectivity index (χ1n) is 8.27. The van der Waals surface area contributed by atoms with Crippen molar-refractivity contribution in [3.8, 4) is 17.6 Å². The number of rotatable bonds is 6. The van der Waals surface area contributed by atoms with Gasteiger partial charge in [-0.3, -0.25) is 4.79 Å². The second-order valence-corrected chi connectivity index (χ2v) is 6.29. The van der Waals surface area contributed by atoms with Gasteiger partial charge >= 0.3 is 0 Å². The van der Waals surface area contributed by atoms with E-state index in [9.17, 15) is 4.79 Å². The molecule has 27 heavy (non-hydrogen) atoms. The molecule has 0 spiro atoms. The van der Waals surface area contributed by atoms with E-state index in [0.29, 0.717) is 35.2 Å². The first-order valence-corrected chi connectivity index (χ1v) is 8.64. The van der Waals surface area contributed by atoms with E-state index in [2.05, 4.69) is 12.6 Å². The van der Waals surface area contributed by atoms with Crippen molar-refractivity contribution < 1.29 is 14.3 Å². The number of fused-ring (bicyclic) bond motifs is 1. The van der Waals surface area contributed by atoms with Gasteiger partial charge in [0, 0.05) is 19.2 Å². The maximum absolute atomic E-state index is 12.6. The first-order chi connectivity index (χ1) is 13.1. The highest BCUT2D eigenvalue weighted by molar-refractivity contribution is 6.32. The smallest absolute Gasteiger partial charge is 0.247 e. The van der Waals surface area contributed by atoms with Crippen LogP contribution in [0.1, 0.15) is 16.7 Å². The third-order valence-corrected chi connectivity index (χ3v) is 4.27. The molecule has 1 aliphatic rings. The number of ether oxygens (including phenoxy) is 2. The van der Waals surface area contributed by atoms with Crippen molar-refractivity contribution in [3.63, 3.8) is 0 Å². The van der Waals surface area contributed by atoms with E-state index in [1.807, 2.05) is 12.1 Å². The zero-order valence-corrected chi connectivity index (χ0v) is 15.3. The molecule has 3 rings (SSSR count). The zero-order valence-electron chi connectivity index (χ0n) is 14.5. The van der Waals surface area contributed by atoms with Gasteiger partial charge in [-0.2, -0.15) is 5.26 Å². The fraction of sp³-hybridized carbons (Fsp3) is 0.143. The monoisotopic (exact) mass is 380 g/mol. The van der Waals surface area contributed by atoms with Crippen molar-refractivity contribution in [1.29, 1.82) is 5.26 Å². The second kappa shape index (κ2) is 8.43. The lowest BCUT2D eigenvalue weighted by Crippen LogP contribution is -2.29. The molecule has 0 fully saturated rings. The molecule has 0 saturated heterocycles. The molecule has 0 aliphatic carbocycles. The molecule has 0 atom stereocenters.